The van der Waals surface area contributed by atoms with Crippen LogP contribution in [0, 0.1) is 0 Å². The van der Waals surface area contributed by atoms with Crippen molar-refractivity contribution in [2.24, 2.45) is 0 Å². The lowest BCUT2D eigenvalue weighted by Crippen LogP contribution is -2.07. The first-order valence-electron chi connectivity index (χ1n) is 5.75. The van der Waals surface area contributed by atoms with Gasteiger partial charge >= 0.3 is 5.97 Å². The number of halogens is 1. The lowest BCUT2D eigenvalue weighted by Gasteiger charge is -2.12. The fourth-order valence-electron chi connectivity index (χ4n) is 1.54. The molecule has 0 radical (unpaired) electrons. The number of rotatable bonds is 6. The van der Waals surface area contributed by atoms with Gasteiger partial charge in [0.25, 0.3) is 0 Å². The Bertz CT molecular complexity index is 406. The number of carbonyl (C=O) groups excluding carboxylic acids is 1. The van der Waals surface area contributed by atoms with Crippen molar-refractivity contribution in [1.29, 1.82) is 0 Å². The smallest absolute Gasteiger partial charge is 0.305 e. The van der Waals surface area contributed by atoms with E-state index >= 15 is 0 Å². The van der Waals surface area contributed by atoms with Crippen molar-refractivity contribution >= 4 is 21.9 Å². The van der Waals surface area contributed by atoms with Gasteiger partial charge in [0.1, 0.15) is 5.75 Å². The Labute approximate surface area is 115 Å². The van der Waals surface area contributed by atoms with E-state index in [1.807, 2.05) is 0 Å². The van der Waals surface area contributed by atoms with Crippen LogP contribution >= 0.6 is 15.9 Å². The number of aliphatic hydroxyl groups is 1. The van der Waals surface area contributed by atoms with E-state index in [4.69, 9.17) is 9.47 Å². The van der Waals surface area contributed by atoms with Gasteiger partial charge in [-0.1, -0.05) is 6.07 Å². The lowest BCUT2D eigenvalue weighted by molar-refractivity contribution is -0.143. The molecule has 0 aliphatic carbocycles. The van der Waals surface area contributed by atoms with Gasteiger partial charge in [-0.3, -0.25) is 4.79 Å². The molecular formula is C13H17BrO4. The standard InChI is InChI=1S/C13H17BrO4/c1-3-18-13(16)7-5-11(15)9-4-6-12(17-2)10(14)8-9/h4,6,8,11,15H,3,5,7H2,1-2H3. The van der Waals surface area contributed by atoms with Crippen LogP contribution in [0.25, 0.3) is 0 Å². The zero-order valence-electron chi connectivity index (χ0n) is 10.5. The monoisotopic (exact) mass is 316 g/mol. The Morgan fingerprint density at radius 3 is 2.78 bits per heavy atom. The summed E-state index contributed by atoms with van der Waals surface area (Å²) in [6.07, 6.45) is -0.132. The molecule has 5 heteroatoms. The highest BCUT2D eigenvalue weighted by molar-refractivity contribution is 9.10. The second kappa shape index (κ2) is 7.38. The zero-order valence-corrected chi connectivity index (χ0v) is 12.1. The number of aliphatic hydroxyl groups excluding tert-OH is 1. The molecule has 0 saturated carbocycles. The second-order valence-corrected chi connectivity index (χ2v) is 4.61. The van der Waals surface area contributed by atoms with E-state index in [-0.39, 0.29) is 12.4 Å². The maximum Gasteiger partial charge on any atom is 0.305 e. The maximum absolute atomic E-state index is 11.2. The van der Waals surface area contributed by atoms with E-state index in [9.17, 15) is 9.90 Å². The predicted molar refractivity (Wildman–Crippen MR) is 71.5 cm³/mol. The molecule has 4 nitrogen and oxygen atoms in total. The Morgan fingerprint density at radius 1 is 1.50 bits per heavy atom. The summed E-state index contributed by atoms with van der Waals surface area (Å²) in [5, 5.41) is 9.96. The van der Waals surface area contributed by atoms with Crippen LogP contribution in [-0.4, -0.2) is 24.8 Å². The van der Waals surface area contributed by atoms with Gasteiger partial charge in [-0.2, -0.15) is 0 Å². The average Bonchev–Trinajstić information content (AvgIpc) is 2.36. The minimum absolute atomic E-state index is 0.207. The fraction of sp³-hybridized carbons (Fsp3) is 0.462. The van der Waals surface area contributed by atoms with Crippen molar-refractivity contribution in [2.75, 3.05) is 13.7 Å². The molecule has 0 bridgehead atoms. The molecule has 1 unspecified atom stereocenters. The molecule has 0 heterocycles. The summed E-state index contributed by atoms with van der Waals surface area (Å²) < 4.78 is 10.7. The third-order valence-electron chi connectivity index (χ3n) is 2.49. The number of methoxy groups -OCH3 is 1. The normalized spacial score (nSPS) is 12.0. The summed E-state index contributed by atoms with van der Waals surface area (Å²) in [6.45, 7) is 2.12. The third-order valence-corrected chi connectivity index (χ3v) is 3.11. The van der Waals surface area contributed by atoms with E-state index in [0.29, 0.717) is 18.8 Å². The Kier molecular flexibility index (Phi) is 6.15. The largest absolute Gasteiger partial charge is 0.496 e. The molecular weight excluding hydrogens is 300 g/mol. The van der Waals surface area contributed by atoms with Gasteiger partial charge in [-0.05, 0) is 47.0 Å². The fourth-order valence-corrected chi connectivity index (χ4v) is 2.10. The van der Waals surface area contributed by atoms with Crippen molar-refractivity contribution in [3.05, 3.63) is 28.2 Å². The molecule has 1 aromatic rings. The molecule has 0 amide bonds. The Hall–Kier alpha value is -1.07. The van der Waals surface area contributed by atoms with Crippen LogP contribution in [-0.2, 0) is 9.53 Å². The summed E-state index contributed by atoms with van der Waals surface area (Å²) >= 11 is 3.35. The van der Waals surface area contributed by atoms with Gasteiger partial charge in [-0.15, -0.1) is 0 Å². The Morgan fingerprint density at radius 2 is 2.22 bits per heavy atom. The van der Waals surface area contributed by atoms with E-state index in [0.717, 1.165) is 10.0 Å². The number of ether oxygens (including phenoxy) is 2. The highest BCUT2D eigenvalue weighted by Gasteiger charge is 2.12. The van der Waals surface area contributed by atoms with Crippen molar-refractivity contribution in [3.8, 4) is 5.75 Å². The third kappa shape index (κ3) is 4.31. The average molecular weight is 317 g/mol. The number of esters is 1. The van der Waals surface area contributed by atoms with Crippen LogP contribution in [0.5, 0.6) is 5.75 Å². The highest BCUT2D eigenvalue weighted by atomic mass is 79.9. The Balaban J connectivity index is 2.58. The summed E-state index contributed by atoms with van der Waals surface area (Å²) in [4.78, 5) is 11.2. The molecule has 0 aromatic heterocycles. The predicted octanol–water partition coefficient (Wildman–Crippen LogP) is 2.83. The molecule has 1 rings (SSSR count). The maximum atomic E-state index is 11.2. The first-order chi connectivity index (χ1) is 8.58. The summed E-state index contributed by atoms with van der Waals surface area (Å²) in [7, 11) is 1.58. The molecule has 0 aliphatic rings. The van der Waals surface area contributed by atoms with Crippen LogP contribution in [0.3, 0.4) is 0 Å². The van der Waals surface area contributed by atoms with Crippen LogP contribution in [0.15, 0.2) is 22.7 Å². The van der Waals surface area contributed by atoms with Crippen molar-refractivity contribution < 1.29 is 19.4 Å². The molecule has 0 aliphatic heterocycles. The van der Waals surface area contributed by atoms with Gasteiger partial charge in [0.05, 0.1) is 24.3 Å². The van der Waals surface area contributed by atoms with Gasteiger partial charge in [-0.25, -0.2) is 0 Å². The van der Waals surface area contributed by atoms with E-state index < -0.39 is 6.10 Å². The van der Waals surface area contributed by atoms with Gasteiger partial charge < -0.3 is 14.6 Å². The number of carbonyl (C=O) groups is 1. The van der Waals surface area contributed by atoms with Gasteiger partial charge in [0.2, 0.25) is 0 Å². The molecule has 0 saturated heterocycles. The van der Waals surface area contributed by atoms with E-state index in [1.54, 1.807) is 32.2 Å². The molecule has 18 heavy (non-hydrogen) atoms. The summed E-state index contributed by atoms with van der Waals surface area (Å²) in [6, 6.07) is 5.33. The minimum Gasteiger partial charge on any atom is -0.496 e. The quantitative estimate of drug-likeness (QED) is 0.820. The molecule has 1 N–H and O–H groups in total. The van der Waals surface area contributed by atoms with Gasteiger partial charge in [0, 0.05) is 6.42 Å². The van der Waals surface area contributed by atoms with Crippen LogP contribution in [0.2, 0.25) is 0 Å². The second-order valence-electron chi connectivity index (χ2n) is 3.75. The SMILES string of the molecule is CCOC(=O)CCC(O)c1ccc(OC)c(Br)c1. The van der Waals surface area contributed by atoms with E-state index in [2.05, 4.69) is 15.9 Å². The van der Waals surface area contributed by atoms with Crippen molar-refractivity contribution in [2.45, 2.75) is 25.9 Å². The van der Waals surface area contributed by atoms with Crippen LogP contribution < -0.4 is 4.74 Å². The van der Waals surface area contributed by atoms with Crippen LogP contribution in [0.4, 0.5) is 0 Å². The van der Waals surface area contributed by atoms with Crippen LogP contribution in [0.1, 0.15) is 31.4 Å². The summed E-state index contributed by atoms with van der Waals surface area (Å²) in [5.41, 5.74) is 0.743. The zero-order chi connectivity index (χ0) is 13.5. The van der Waals surface area contributed by atoms with Crippen molar-refractivity contribution in [3.63, 3.8) is 0 Å². The van der Waals surface area contributed by atoms with Gasteiger partial charge in [0.15, 0.2) is 0 Å². The molecule has 1 aromatic carbocycles. The number of hydrogen-bond acceptors (Lipinski definition) is 4. The lowest BCUT2D eigenvalue weighted by atomic mass is 10.0. The minimum atomic E-state index is -0.684. The molecule has 1 atom stereocenters. The first-order valence-corrected chi connectivity index (χ1v) is 6.55. The molecule has 0 fully saturated rings. The summed E-state index contributed by atoms with van der Waals surface area (Å²) in [5.74, 6) is 0.417. The molecule has 100 valence electrons. The van der Waals surface area contributed by atoms with Crippen molar-refractivity contribution in [1.82, 2.24) is 0 Å². The first kappa shape index (κ1) is 15.0. The molecule has 0 spiro atoms. The number of benzene rings is 1. The van der Waals surface area contributed by atoms with E-state index in [1.165, 1.54) is 0 Å². The number of hydrogen-bond donors (Lipinski definition) is 1. The highest BCUT2D eigenvalue weighted by Crippen LogP contribution is 2.29. The topological polar surface area (TPSA) is 55.8 Å².